The van der Waals surface area contributed by atoms with Gasteiger partial charge < -0.3 is 5.11 Å². The van der Waals surface area contributed by atoms with Crippen LogP contribution in [0.2, 0.25) is 0 Å². The van der Waals surface area contributed by atoms with E-state index in [1.165, 1.54) is 4.90 Å². The lowest BCUT2D eigenvalue weighted by atomic mass is 10.0. The Bertz CT molecular complexity index is 598. The minimum absolute atomic E-state index is 0.0376. The van der Waals surface area contributed by atoms with E-state index in [2.05, 4.69) is 0 Å². The molecule has 1 aromatic rings. The van der Waals surface area contributed by atoms with Crippen LogP contribution >= 0.6 is 0 Å². The summed E-state index contributed by atoms with van der Waals surface area (Å²) >= 11 is 0. The smallest absolute Gasteiger partial charge is 0.408 e. The van der Waals surface area contributed by atoms with Crippen molar-refractivity contribution in [2.75, 3.05) is 6.54 Å². The van der Waals surface area contributed by atoms with Crippen LogP contribution in [0.15, 0.2) is 24.3 Å². The van der Waals surface area contributed by atoms with Crippen LogP contribution in [-0.4, -0.2) is 50.9 Å². The Labute approximate surface area is 129 Å². The molecule has 1 aliphatic rings. The van der Waals surface area contributed by atoms with Gasteiger partial charge in [-0.15, -0.1) is 0 Å². The van der Waals surface area contributed by atoms with Crippen LogP contribution < -0.4 is 0 Å². The lowest BCUT2D eigenvalue weighted by Gasteiger charge is -2.39. The van der Waals surface area contributed by atoms with Gasteiger partial charge in [0.2, 0.25) is 0 Å². The number of carboxylic acid groups (broad SMARTS) is 1. The highest BCUT2D eigenvalue weighted by Gasteiger charge is 2.39. The molecular weight excluding hydrogens is 284 g/mol. The van der Waals surface area contributed by atoms with Gasteiger partial charge in [-0.25, -0.2) is 4.79 Å². The molecule has 1 aliphatic heterocycles. The molecule has 0 spiro atoms. The molecule has 118 valence electrons. The molecule has 3 amide bonds. The van der Waals surface area contributed by atoms with Crippen molar-refractivity contribution in [2.24, 2.45) is 0 Å². The zero-order chi connectivity index (χ0) is 16.7. The molecule has 1 N–H and O–H groups in total. The Kier molecular flexibility index (Phi) is 3.96. The summed E-state index contributed by atoms with van der Waals surface area (Å²) in [5, 5.41) is 9.40. The lowest BCUT2D eigenvalue weighted by molar-refractivity contribution is 0.0464. The molecule has 0 bridgehead atoms. The van der Waals surface area contributed by atoms with Crippen molar-refractivity contribution in [3.05, 3.63) is 35.4 Å². The fourth-order valence-corrected chi connectivity index (χ4v) is 2.89. The summed E-state index contributed by atoms with van der Waals surface area (Å²) in [6, 6.07) is 6.13. The third-order valence-electron chi connectivity index (χ3n) is 3.69. The van der Waals surface area contributed by atoms with E-state index in [0.717, 1.165) is 4.90 Å². The normalized spacial score (nSPS) is 15.7. The van der Waals surface area contributed by atoms with E-state index < -0.39 is 17.7 Å². The van der Waals surface area contributed by atoms with Crippen LogP contribution in [0.3, 0.4) is 0 Å². The Hall–Kier alpha value is -2.37. The monoisotopic (exact) mass is 304 g/mol. The molecule has 1 atom stereocenters. The summed E-state index contributed by atoms with van der Waals surface area (Å²) in [4.78, 5) is 38.5. The molecule has 0 saturated heterocycles. The number of carbonyl (C=O) groups excluding carboxylic acids is 2. The molecule has 0 fully saturated rings. The average Bonchev–Trinajstić information content (AvgIpc) is 2.62. The van der Waals surface area contributed by atoms with Crippen molar-refractivity contribution in [1.29, 1.82) is 0 Å². The summed E-state index contributed by atoms with van der Waals surface area (Å²) < 4.78 is 0. The maximum atomic E-state index is 12.3. The highest BCUT2D eigenvalue weighted by molar-refractivity contribution is 6.21. The second kappa shape index (κ2) is 5.44. The number of nitrogens with zero attached hydrogens (tertiary/aromatic N) is 2. The topological polar surface area (TPSA) is 77.9 Å². The molecule has 1 aromatic carbocycles. The first kappa shape index (κ1) is 16.0. The van der Waals surface area contributed by atoms with Crippen LogP contribution in [-0.2, 0) is 0 Å². The molecule has 22 heavy (non-hydrogen) atoms. The largest absolute Gasteiger partial charge is 0.465 e. The standard InChI is InChI=1S/C16H20N2O4/c1-10(18(15(21)22)16(2,3)4)9-17-13(19)11-7-5-6-8-12(11)14(17)20/h5-8,10H,9H2,1-4H3,(H,21,22)/t10-/m0/s1. The quantitative estimate of drug-likeness (QED) is 0.870. The SMILES string of the molecule is C[C@@H](CN1C(=O)c2ccccc2C1=O)N(C(=O)O)C(C)(C)C. The molecule has 0 saturated carbocycles. The summed E-state index contributed by atoms with van der Waals surface area (Å²) in [5.74, 6) is -0.738. The first-order chi connectivity index (χ1) is 10.1. The number of hydrogen-bond donors (Lipinski definition) is 1. The van der Waals surface area contributed by atoms with Gasteiger partial charge in [0.25, 0.3) is 11.8 Å². The third kappa shape index (κ3) is 2.68. The number of benzene rings is 1. The molecule has 1 heterocycles. The number of carbonyl (C=O) groups is 3. The predicted octanol–water partition coefficient (Wildman–Crippen LogP) is 2.45. The van der Waals surface area contributed by atoms with E-state index in [1.807, 2.05) is 0 Å². The van der Waals surface area contributed by atoms with Gasteiger partial charge in [0.1, 0.15) is 0 Å². The van der Waals surface area contributed by atoms with Gasteiger partial charge in [-0.05, 0) is 39.8 Å². The van der Waals surface area contributed by atoms with Gasteiger partial charge in [-0.3, -0.25) is 19.4 Å². The fraction of sp³-hybridized carbons (Fsp3) is 0.438. The van der Waals surface area contributed by atoms with E-state index in [-0.39, 0.29) is 18.4 Å². The predicted molar refractivity (Wildman–Crippen MR) is 80.9 cm³/mol. The molecule has 0 aromatic heterocycles. The van der Waals surface area contributed by atoms with Crippen molar-refractivity contribution in [1.82, 2.24) is 9.80 Å². The van der Waals surface area contributed by atoms with E-state index in [1.54, 1.807) is 52.0 Å². The number of amides is 3. The van der Waals surface area contributed by atoms with Crippen molar-refractivity contribution in [3.63, 3.8) is 0 Å². The fourth-order valence-electron chi connectivity index (χ4n) is 2.89. The lowest BCUT2D eigenvalue weighted by Crippen LogP contribution is -2.54. The van der Waals surface area contributed by atoms with Gasteiger partial charge in [-0.1, -0.05) is 12.1 Å². The number of hydrogen-bond acceptors (Lipinski definition) is 3. The Morgan fingerprint density at radius 3 is 2.00 bits per heavy atom. The van der Waals surface area contributed by atoms with E-state index >= 15 is 0 Å². The second-order valence-electron chi connectivity index (χ2n) is 6.44. The van der Waals surface area contributed by atoms with Crippen LogP contribution in [0, 0.1) is 0 Å². The molecule has 0 radical (unpaired) electrons. The van der Waals surface area contributed by atoms with Gasteiger partial charge in [0.15, 0.2) is 0 Å². The average molecular weight is 304 g/mol. The summed E-state index contributed by atoms with van der Waals surface area (Å²) in [6.45, 7) is 7.07. The Balaban J connectivity index is 2.23. The minimum atomic E-state index is -1.07. The molecular formula is C16H20N2O4. The van der Waals surface area contributed by atoms with Crippen molar-refractivity contribution < 1.29 is 19.5 Å². The Morgan fingerprint density at radius 1 is 1.18 bits per heavy atom. The maximum absolute atomic E-state index is 12.3. The van der Waals surface area contributed by atoms with Crippen molar-refractivity contribution in [2.45, 2.75) is 39.3 Å². The zero-order valence-electron chi connectivity index (χ0n) is 13.2. The molecule has 0 unspecified atom stereocenters. The van der Waals surface area contributed by atoms with Gasteiger partial charge in [0.05, 0.1) is 17.2 Å². The summed E-state index contributed by atoms with van der Waals surface area (Å²) in [7, 11) is 0. The second-order valence-corrected chi connectivity index (χ2v) is 6.44. The highest BCUT2D eigenvalue weighted by Crippen LogP contribution is 2.25. The first-order valence-electron chi connectivity index (χ1n) is 7.12. The van der Waals surface area contributed by atoms with Crippen LogP contribution in [0.4, 0.5) is 4.79 Å². The zero-order valence-corrected chi connectivity index (χ0v) is 13.2. The molecule has 2 rings (SSSR count). The summed E-state index contributed by atoms with van der Waals surface area (Å²) in [5.41, 5.74) is 0.124. The molecule has 6 nitrogen and oxygen atoms in total. The maximum Gasteiger partial charge on any atom is 0.408 e. The van der Waals surface area contributed by atoms with E-state index in [9.17, 15) is 19.5 Å². The van der Waals surface area contributed by atoms with Gasteiger partial charge in [0, 0.05) is 12.1 Å². The Morgan fingerprint density at radius 2 is 1.64 bits per heavy atom. The number of fused-ring (bicyclic) bond motifs is 1. The minimum Gasteiger partial charge on any atom is -0.465 e. The number of rotatable bonds is 3. The van der Waals surface area contributed by atoms with Crippen molar-refractivity contribution in [3.8, 4) is 0 Å². The number of imide groups is 1. The molecule has 0 aliphatic carbocycles. The first-order valence-corrected chi connectivity index (χ1v) is 7.12. The highest BCUT2D eigenvalue weighted by atomic mass is 16.4. The third-order valence-corrected chi connectivity index (χ3v) is 3.69. The van der Waals surface area contributed by atoms with Crippen molar-refractivity contribution >= 4 is 17.9 Å². The van der Waals surface area contributed by atoms with Crippen LogP contribution in [0.5, 0.6) is 0 Å². The van der Waals surface area contributed by atoms with Crippen LogP contribution in [0.25, 0.3) is 0 Å². The summed E-state index contributed by atoms with van der Waals surface area (Å²) in [6.07, 6.45) is -1.07. The van der Waals surface area contributed by atoms with Crippen LogP contribution in [0.1, 0.15) is 48.4 Å². The van der Waals surface area contributed by atoms with Gasteiger partial charge >= 0.3 is 6.09 Å². The van der Waals surface area contributed by atoms with E-state index in [4.69, 9.17) is 0 Å². The van der Waals surface area contributed by atoms with Gasteiger partial charge in [-0.2, -0.15) is 0 Å². The molecule has 6 heteroatoms. The van der Waals surface area contributed by atoms with E-state index in [0.29, 0.717) is 11.1 Å².